The third-order valence-electron chi connectivity index (χ3n) is 4.05. The molecule has 0 bridgehead atoms. The van der Waals surface area contributed by atoms with Gasteiger partial charge in [-0.1, -0.05) is 6.07 Å². The average Bonchev–Trinajstić information content (AvgIpc) is 2.85. The van der Waals surface area contributed by atoms with Gasteiger partial charge in [0.25, 0.3) is 0 Å². The molecular weight excluding hydrogens is 325 g/mol. The Hall–Kier alpha value is -3.22. The van der Waals surface area contributed by atoms with Crippen LogP contribution in [0.5, 0.6) is 0 Å². The van der Waals surface area contributed by atoms with E-state index in [-0.39, 0.29) is 23.7 Å². The van der Waals surface area contributed by atoms with Crippen molar-refractivity contribution < 1.29 is 19.1 Å². The molecule has 0 saturated carbocycles. The summed E-state index contributed by atoms with van der Waals surface area (Å²) in [5.41, 5.74) is 8.51. The Labute approximate surface area is 142 Å². The molecule has 0 radical (unpaired) electrons. The Morgan fingerprint density at radius 2 is 2.04 bits per heavy atom. The minimum absolute atomic E-state index is 0.132. The zero-order chi connectivity index (χ0) is 18.3. The summed E-state index contributed by atoms with van der Waals surface area (Å²) in [4.78, 5) is 26.9. The van der Waals surface area contributed by atoms with E-state index in [1.807, 2.05) is 0 Å². The summed E-state index contributed by atoms with van der Waals surface area (Å²) in [6.07, 6.45) is 1.38. The van der Waals surface area contributed by atoms with E-state index in [9.17, 15) is 14.0 Å². The predicted molar refractivity (Wildman–Crippen MR) is 91.1 cm³/mol. The van der Waals surface area contributed by atoms with Crippen molar-refractivity contribution >= 4 is 23.2 Å². The van der Waals surface area contributed by atoms with E-state index < -0.39 is 11.8 Å². The number of carbonyl (C=O) groups is 2. The average molecular weight is 341 g/mol. The quantitative estimate of drug-likeness (QED) is 0.711. The van der Waals surface area contributed by atoms with E-state index in [2.05, 4.69) is 4.98 Å². The van der Waals surface area contributed by atoms with Gasteiger partial charge in [0.05, 0.1) is 6.42 Å². The lowest BCUT2D eigenvalue weighted by Crippen LogP contribution is -2.04. The van der Waals surface area contributed by atoms with Gasteiger partial charge in [-0.2, -0.15) is 0 Å². The fourth-order valence-corrected chi connectivity index (χ4v) is 2.88. The zero-order valence-electron chi connectivity index (χ0n) is 13.7. The van der Waals surface area contributed by atoms with E-state index in [1.54, 1.807) is 35.7 Å². The van der Waals surface area contributed by atoms with Crippen LogP contribution in [0.1, 0.15) is 28.5 Å². The van der Waals surface area contributed by atoms with Gasteiger partial charge in [-0.25, -0.2) is 9.37 Å². The van der Waals surface area contributed by atoms with Crippen molar-refractivity contribution in [2.75, 3.05) is 5.73 Å². The highest BCUT2D eigenvalue weighted by Gasteiger charge is 2.16. The Bertz CT molecular complexity index is 1020. The number of nitrogen functional groups attached to an aromatic ring is 1. The summed E-state index contributed by atoms with van der Waals surface area (Å²) >= 11 is 0. The van der Waals surface area contributed by atoms with Gasteiger partial charge in [-0.3, -0.25) is 14.0 Å². The number of nitrogens with two attached hydrogens (primary N) is 1. The first-order valence-electron chi connectivity index (χ1n) is 7.57. The fourth-order valence-electron chi connectivity index (χ4n) is 2.88. The number of carboxylic acid groups (broad SMARTS) is 1. The van der Waals surface area contributed by atoms with Crippen molar-refractivity contribution in [3.63, 3.8) is 0 Å². The number of aliphatic carboxylic acids is 1. The molecule has 0 aliphatic heterocycles. The van der Waals surface area contributed by atoms with Crippen molar-refractivity contribution in [2.24, 2.45) is 0 Å². The van der Waals surface area contributed by atoms with Crippen LogP contribution in [0.4, 0.5) is 10.2 Å². The van der Waals surface area contributed by atoms with Crippen molar-refractivity contribution in [3.05, 3.63) is 53.1 Å². The van der Waals surface area contributed by atoms with Crippen molar-refractivity contribution in [1.29, 1.82) is 0 Å². The zero-order valence-corrected chi connectivity index (χ0v) is 13.7. The molecule has 1 aromatic carbocycles. The normalized spacial score (nSPS) is 11.0. The number of carboxylic acids is 1. The number of anilines is 1. The number of hydrogen-bond donors (Lipinski definition) is 2. The van der Waals surface area contributed by atoms with Crippen LogP contribution in [0.3, 0.4) is 0 Å². The maximum absolute atomic E-state index is 14.2. The largest absolute Gasteiger partial charge is 0.481 e. The number of rotatable bonds is 4. The lowest BCUT2D eigenvalue weighted by Gasteiger charge is -2.11. The van der Waals surface area contributed by atoms with Gasteiger partial charge in [0.2, 0.25) is 0 Å². The predicted octanol–water partition coefficient (Wildman–Crippen LogP) is 2.86. The lowest BCUT2D eigenvalue weighted by atomic mass is 9.97. The third-order valence-corrected chi connectivity index (χ3v) is 4.05. The van der Waals surface area contributed by atoms with Crippen LogP contribution >= 0.6 is 0 Å². The van der Waals surface area contributed by atoms with Gasteiger partial charge in [0, 0.05) is 13.1 Å². The van der Waals surface area contributed by atoms with Crippen LogP contribution < -0.4 is 5.73 Å². The molecule has 0 aliphatic rings. The number of aromatic nitrogens is 2. The highest BCUT2D eigenvalue weighted by Crippen LogP contribution is 2.28. The van der Waals surface area contributed by atoms with E-state index in [4.69, 9.17) is 10.8 Å². The minimum Gasteiger partial charge on any atom is -0.481 e. The summed E-state index contributed by atoms with van der Waals surface area (Å²) < 4.78 is 15.8. The van der Waals surface area contributed by atoms with Crippen LogP contribution in [0.2, 0.25) is 0 Å². The number of hydrogen-bond acceptors (Lipinski definition) is 4. The number of Topliss-reactive ketones (excluding diaryl/α,β-unsaturated/α-hetero) is 1. The summed E-state index contributed by atoms with van der Waals surface area (Å²) in [6, 6.07) is 6.28. The Balaban J connectivity index is 2.22. The SMILES string of the molecule is CC(=O)c1c(N)nc2ccc(-c3cc(CC(=O)O)cc(F)c3C)cn12. The van der Waals surface area contributed by atoms with Gasteiger partial charge in [-0.05, 0) is 47.4 Å². The number of imidazole rings is 1. The number of fused-ring (bicyclic) bond motifs is 1. The molecule has 0 unspecified atom stereocenters. The van der Waals surface area contributed by atoms with Gasteiger partial charge in [0.1, 0.15) is 17.2 Å². The van der Waals surface area contributed by atoms with Crippen molar-refractivity contribution in [2.45, 2.75) is 20.3 Å². The number of halogens is 1. The van der Waals surface area contributed by atoms with Crippen molar-refractivity contribution in [1.82, 2.24) is 9.38 Å². The Morgan fingerprint density at radius 3 is 2.68 bits per heavy atom. The van der Waals surface area contributed by atoms with Crippen LogP contribution in [0.15, 0.2) is 30.5 Å². The van der Waals surface area contributed by atoms with Crippen LogP contribution in [0.25, 0.3) is 16.8 Å². The molecular formula is C18H16FN3O3. The molecule has 2 heterocycles. The Kier molecular flexibility index (Phi) is 4.00. The van der Waals surface area contributed by atoms with Crippen LogP contribution in [0, 0.1) is 12.7 Å². The van der Waals surface area contributed by atoms with Gasteiger partial charge in [0.15, 0.2) is 11.6 Å². The standard InChI is InChI=1S/C18H16FN3O3/c1-9-13(5-11(6-14(9)19)7-16(24)25)12-3-4-15-21-18(20)17(10(2)23)22(15)8-12/h3-6,8H,7,20H2,1-2H3,(H,24,25). The molecule has 7 heteroatoms. The first-order valence-corrected chi connectivity index (χ1v) is 7.57. The molecule has 0 aliphatic carbocycles. The van der Waals surface area contributed by atoms with E-state index in [1.165, 1.54) is 13.0 Å². The first-order chi connectivity index (χ1) is 11.8. The number of benzene rings is 1. The topological polar surface area (TPSA) is 97.7 Å². The fraction of sp³-hybridized carbons (Fsp3) is 0.167. The van der Waals surface area contributed by atoms with Crippen LogP contribution in [-0.4, -0.2) is 26.2 Å². The second-order valence-electron chi connectivity index (χ2n) is 5.87. The summed E-state index contributed by atoms with van der Waals surface area (Å²) in [5.74, 6) is -1.62. The van der Waals surface area contributed by atoms with E-state index in [0.29, 0.717) is 27.9 Å². The molecule has 128 valence electrons. The highest BCUT2D eigenvalue weighted by molar-refractivity contribution is 5.98. The number of carbonyl (C=O) groups excluding carboxylic acids is 1. The molecule has 0 amide bonds. The summed E-state index contributed by atoms with van der Waals surface area (Å²) in [7, 11) is 0. The lowest BCUT2D eigenvalue weighted by molar-refractivity contribution is -0.136. The second-order valence-corrected chi connectivity index (χ2v) is 5.87. The second kappa shape index (κ2) is 6.01. The molecule has 25 heavy (non-hydrogen) atoms. The minimum atomic E-state index is -1.04. The maximum Gasteiger partial charge on any atom is 0.307 e. The van der Waals surface area contributed by atoms with Gasteiger partial charge >= 0.3 is 5.97 Å². The van der Waals surface area contributed by atoms with E-state index in [0.717, 1.165) is 0 Å². The molecule has 0 atom stereocenters. The summed E-state index contributed by atoms with van der Waals surface area (Å²) in [6.45, 7) is 3.01. The van der Waals surface area contributed by atoms with Crippen LogP contribution in [-0.2, 0) is 11.2 Å². The molecule has 0 spiro atoms. The molecule has 2 aromatic heterocycles. The molecule has 3 N–H and O–H groups in total. The van der Waals surface area contributed by atoms with Gasteiger partial charge < -0.3 is 10.8 Å². The van der Waals surface area contributed by atoms with Gasteiger partial charge in [-0.15, -0.1) is 0 Å². The summed E-state index contributed by atoms with van der Waals surface area (Å²) in [5, 5.41) is 8.94. The number of nitrogens with zero attached hydrogens (tertiary/aromatic N) is 2. The smallest absolute Gasteiger partial charge is 0.307 e. The first kappa shape index (κ1) is 16.6. The molecule has 0 saturated heterocycles. The monoisotopic (exact) mass is 341 g/mol. The molecule has 3 aromatic rings. The number of pyridine rings is 1. The molecule has 3 rings (SSSR count). The molecule has 6 nitrogen and oxygen atoms in total. The number of ketones is 1. The van der Waals surface area contributed by atoms with E-state index >= 15 is 0 Å². The highest BCUT2D eigenvalue weighted by atomic mass is 19.1. The molecule has 0 fully saturated rings. The van der Waals surface area contributed by atoms with Crippen molar-refractivity contribution in [3.8, 4) is 11.1 Å². The Morgan fingerprint density at radius 1 is 1.32 bits per heavy atom. The maximum atomic E-state index is 14.2. The third kappa shape index (κ3) is 2.96.